The van der Waals surface area contributed by atoms with Crippen molar-refractivity contribution in [1.29, 1.82) is 0 Å². The standard InChI is InChI=1S/C16H32N2O/c1-14(19)13-16-8-4-6-11-18(16)12-9-15-7-3-5-10-17(15)2/h14-16,19H,3-13H2,1-2H3. The van der Waals surface area contributed by atoms with Crippen LogP contribution in [0, 0.1) is 0 Å². The zero-order valence-electron chi connectivity index (χ0n) is 12.9. The number of piperidine rings is 2. The van der Waals surface area contributed by atoms with E-state index in [4.69, 9.17) is 0 Å². The molecule has 3 unspecified atom stereocenters. The van der Waals surface area contributed by atoms with Crippen LogP contribution >= 0.6 is 0 Å². The van der Waals surface area contributed by atoms with Crippen molar-refractivity contribution in [2.24, 2.45) is 0 Å². The number of hydrogen-bond acceptors (Lipinski definition) is 3. The molecule has 0 radical (unpaired) electrons. The molecule has 1 N–H and O–H groups in total. The van der Waals surface area contributed by atoms with Crippen LogP contribution in [0.3, 0.4) is 0 Å². The summed E-state index contributed by atoms with van der Waals surface area (Å²) in [5.41, 5.74) is 0. The number of nitrogens with zero attached hydrogens (tertiary/aromatic N) is 2. The molecule has 0 saturated carbocycles. The van der Waals surface area contributed by atoms with Crippen LogP contribution in [0.1, 0.15) is 58.3 Å². The first-order valence-corrected chi connectivity index (χ1v) is 8.29. The molecule has 0 aromatic rings. The van der Waals surface area contributed by atoms with Gasteiger partial charge in [-0.3, -0.25) is 0 Å². The Balaban J connectivity index is 1.78. The molecule has 19 heavy (non-hydrogen) atoms. The molecule has 2 saturated heterocycles. The van der Waals surface area contributed by atoms with E-state index in [-0.39, 0.29) is 6.10 Å². The normalized spacial score (nSPS) is 32.4. The molecule has 112 valence electrons. The maximum atomic E-state index is 9.65. The van der Waals surface area contributed by atoms with Gasteiger partial charge in [0.05, 0.1) is 6.10 Å². The SMILES string of the molecule is CC(O)CC1CCCCN1CCC1CCCCN1C. The van der Waals surface area contributed by atoms with Crippen LogP contribution in [0.15, 0.2) is 0 Å². The fourth-order valence-electron chi connectivity index (χ4n) is 3.84. The zero-order chi connectivity index (χ0) is 13.7. The van der Waals surface area contributed by atoms with Gasteiger partial charge in [-0.2, -0.15) is 0 Å². The quantitative estimate of drug-likeness (QED) is 0.830. The summed E-state index contributed by atoms with van der Waals surface area (Å²) in [6.07, 6.45) is 10.3. The molecule has 2 fully saturated rings. The monoisotopic (exact) mass is 268 g/mol. The molecule has 0 aromatic carbocycles. The van der Waals surface area contributed by atoms with Crippen LogP contribution < -0.4 is 0 Å². The molecular formula is C16H32N2O. The second-order valence-corrected chi connectivity index (χ2v) is 6.69. The third-order valence-electron chi connectivity index (χ3n) is 5.03. The summed E-state index contributed by atoms with van der Waals surface area (Å²) in [5.74, 6) is 0. The Labute approximate surface area is 119 Å². The molecular weight excluding hydrogens is 236 g/mol. The van der Waals surface area contributed by atoms with Gasteiger partial charge in [0, 0.05) is 12.1 Å². The number of likely N-dealkylation sites (tertiary alicyclic amines) is 2. The third kappa shape index (κ3) is 4.73. The first-order valence-electron chi connectivity index (χ1n) is 8.29. The minimum atomic E-state index is -0.150. The van der Waals surface area contributed by atoms with Crippen molar-refractivity contribution in [2.75, 3.05) is 26.7 Å². The number of aliphatic hydroxyl groups excluding tert-OH is 1. The van der Waals surface area contributed by atoms with E-state index >= 15 is 0 Å². The lowest BCUT2D eigenvalue weighted by Gasteiger charge is -2.39. The second-order valence-electron chi connectivity index (χ2n) is 6.69. The molecule has 0 amide bonds. The van der Waals surface area contributed by atoms with Crippen molar-refractivity contribution in [3.63, 3.8) is 0 Å². The maximum absolute atomic E-state index is 9.65. The second kappa shape index (κ2) is 7.61. The highest BCUT2D eigenvalue weighted by Gasteiger charge is 2.25. The highest BCUT2D eigenvalue weighted by Crippen LogP contribution is 2.23. The summed E-state index contributed by atoms with van der Waals surface area (Å²) < 4.78 is 0. The van der Waals surface area contributed by atoms with E-state index in [1.54, 1.807) is 0 Å². The van der Waals surface area contributed by atoms with Gasteiger partial charge >= 0.3 is 0 Å². The average molecular weight is 268 g/mol. The number of aliphatic hydroxyl groups is 1. The highest BCUT2D eigenvalue weighted by molar-refractivity contribution is 4.81. The lowest BCUT2D eigenvalue weighted by atomic mass is 9.95. The van der Waals surface area contributed by atoms with E-state index in [1.807, 2.05) is 6.92 Å². The molecule has 2 heterocycles. The summed E-state index contributed by atoms with van der Waals surface area (Å²) >= 11 is 0. The Morgan fingerprint density at radius 3 is 2.42 bits per heavy atom. The Kier molecular flexibility index (Phi) is 6.11. The van der Waals surface area contributed by atoms with Gasteiger partial charge in [-0.15, -0.1) is 0 Å². The topological polar surface area (TPSA) is 26.7 Å². The predicted octanol–water partition coefficient (Wildman–Crippen LogP) is 2.49. The first-order chi connectivity index (χ1) is 9.16. The van der Waals surface area contributed by atoms with Crippen molar-refractivity contribution in [3.05, 3.63) is 0 Å². The van der Waals surface area contributed by atoms with E-state index in [0.717, 1.165) is 12.5 Å². The van der Waals surface area contributed by atoms with Crippen LogP contribution in [0.4, 0.5) is 0 Å². The Morgan fingerprint density at radius 2 is 1.74 bits per heavy atom. The molecule has 0 aliphatic carbocycles. The lowest BCUT2D eigenvalue weighted by Crippen LogP contribution is -2.44. The fraction of sp³-hybridized carbons (Fsp3) is 1.00. The van der Waals surface area contributed by atoms with Gasteiger partial charge in [-0.25, -0.2) is 0 Å². The van der Waals surface area contributed by atoms with Crippen LogP contribution in [0.5, 0.6) is 0 Å². The molecule has 2 aliphatic rings. The molecule has 2 rings (SSSR count). The summed E-state index contributed by atoms with van der Waals surface area (Å²) in [6, 6.07) is 1.42. The van der Waals surface area contributed by atoms with Gasteiger partial charge in [0.2, 0.25) is 0 Å². The zero-order valence-corrected chi connectivity index (χ0v) is 12.9. The molecule has 0 bridgehead atoms. The van der Waals surface area contributed by atoms with Gasteiger partial charge in [-0.05, 0) is 72.1 Å². The molecule has 3 nitrogen and oxygen atoms in total. The van der Waals surface area contributed by atoms with Crippen molar-refractivity contribution in [2.45, 2.75) is 76.5 Å². The van der Waals surface area contributed by atoms with Gasteiger partial charge in [0.15, 0.2) is 0 Å². The molecule has 2 aliphatic heterocycles. The lowest BCUT2D eigenvalue weighted by molar-refractivity contribution is 0.0743. The number of rotatable bonds is 5. The van der Waals surface area contributed by atoms with E-state index in [0.29, 0.717) is 6.04 Å². The minimum absolute atomic E-state index is 0.150. The molecule has 0 aromatic heterocycles. The van der Waals surface area contributed by atoms with E-state index < -0.39 is 0 Å². The molecule has 3 atom stereocenters. The molecule has 0 spiro atoms. The largest absolute Gasteiger partial charge is 0.393 e. The van der Waals surface area contributed by atoms with Crippen LogP contribution in [-0.4, -0.2) is 59.8 Å². The van der Waals surface area contributed by atoms with Gasteiger partial charge in [-0.1, -0.05) is 12.8 Å². The summed E-state index contributed by atoms with van der Waals surface area (Å²) in [4.78, 5) is 5.20. The third-order valence-corrected chi connectivity index (χ3v) is 5.03. The smallest absolute Gasteiger partial charge is 0.0527 e. The summed E-state index contributed by atoms with van der Waals surface area (Å²) in [7, 11) is 2.29. The Morgan fingerprint density at radius 1 is 1.05 bits per heavy atom. The van der Waals surface area contributed by atoms with Crippen molar-refractivity contribution in [1.82, 2.24) is 9.80 Å². The van der Waals surface area contributed by atoms with Crippen molar-refractivity contribution < 1.29 is 5.11 Å². The fourth-order valence-corrected chi connectivity index (χ4v) is 3.84. The highest BCUT2D eigenvalue weighted by atomic mass is 16.3. The van der Waals surface area contributed by atoms with Crippen molar-refractivity contribution in [3.8, 4) is 0 Å². The maximum Gasteiger partial charge on any atom is 0.0527 e. The predicted molar refractivity (Wildman–Crippen MR) is 80.4 cm³/mol. The Hall–Kier alpha value is -0.120. The first kappa shape index (κ1) is 15.3. The minimum Gasteiger partial charge on any atom is -0.393 e. The summed E-state index contributed by atoms with van der Waals surface area (Å²) in [6.45, 7) is 5.68. The number of hydrogen-bond donors (Lipinski definition) is 1. The van der Waals surface area contributed by atoms with Crippen LogP contribution in [-0.2, 0) is 0 Å². The van der Waals surface area contributed by atoms with E-state index in [2.05, 4.69) is 16.8 Å². The van der Waals surface area contributed by atoms with Crippen LogP contribution in [0.25, 0.3) is 0 Å². The van der Waals surface area contributed by atoms with Gasteiger partial charge in [0.25, 0.3) is 0 Å². The van der Waals surface area contributed by atoms with E-state index in [9.17, 15) is 5.11 Å². The van der Waals surface area contributed by atoms with Gasteiger partial charge < -0.3 is 14.9 Å². The molecule has 3 heteroatoms. The van der Waals surface area contributed by atoms with Crippen LogP contribution in [0.2, 0.25) is 0 Å². The van der Waals surface area contributed by atoms with Gasteiger partial charge in [0.1, 0.15) is 0 Å². The van der Waals surface area contributed by atoms with Crippen molar-refractivity contribution >= 4 is 0 Å². The van der Waals surface area contributed by atoms with E-state index in [1.165, 1.54) is 64.6 Å². The summed E-state index contributed by atoms with van der Waals surface area (Å²) in [5, 5.41) is 9.65. The Bertz CT molecular complexity index is 257. The average Bonchev–Trinajstić information content (AvgIpc) is 2.39.